The van der Waals surface area contributed by atoms with E-state index in [2.05, 4.69) is 5.32 Å². The maximum Gasteiger partial charge on any atom is 0.300 e. The molecule has 19 heavy (non-hydrogen) atoms. The molecule has 1 aliphatic heterocycles. The SMILES string of the molecule is O=[N+]([O-])c1cc(S(=O)(=O)N2CCCNCC2)sc1Cl. The van der Waals surface area contributed by atoms with E-state index >= 15 is 0 Å². The number of hydrogen-bond donors (Lipinski definition) is 1. The Kier molecular flexibility index (Phi) is 4.41. The van der Waals surface area contributed by atoms with Gasteiger partial charge >= 0.3 is 0 Å². The molecule has 1 aromatic rings. The molecule has 0 unspecified atom stereocenters. The van der Waals surface area contributed by atoms with Crippen LogP contribution in [0.3, 0.4) is 0 Å². The quantitative estimate of drug-likeness (QED) is 0.668. The van der Waals surface area contributed by atoms with Crippen LogP contribution < -0.4 is 5.32 Å². The minimum absolute atomic E-state index is 0.0777. The second-order valence-electron chi connectivity index (χ2n) is 3.99. The first kappa shape index (κ1) is 14.7. The lowest BCUT2D eigenvalue weighted by molar-refractivity contribution is -0.384. The molecule has 0 radical (unpaired) electrons. The number of nitro groups is 1. The molecule has 1 fully saturated rings. The van der Waals surface area contributed by atoms with E-state index in [1.165, 1.54) is 4.31 Å². The lowest BCUT2D eigenvalue weighted by Crippen LogP contribution is -2.33. The highest BCUT2D eigenvalue weighted by Crippen LogP contribution is 2.37. The zero-order valence-electron chi connectivity index (χ0n) is 9.83. The summed E-state index contributed by atoms with van der Waals surface area (Å²) in [4.78, 5) is 10.0. The van der Waals surface area contributed by atoms with Crippen molar-refractivity contribution in [3.8, 4) is 0 Å². The fourth-order valence-corrected chi connectivity index (χ4v) is 5.08. The maximum atomic E-state index is 12.4. The molecule has 1 aliphatic rings. The van der Waals surface area contributed by atoms with Gasteiger partial charge in [0, 0.05) is 25.7 Å². The van der Waals surface area contributed by atoms with Crippen molar-refractivity contribution in [1.29, 1.82) is 0 Å². The van der Waals surface area contributed by atoms with Gasteiger partial charge in [0.2, 0.25) is 0 Å². The van der Waals surface area contributed by atoms with E-state index in [-0.39, 0.29) is 14.2 Å². The second-order valence-corrected chi connectivity index (χ2v) is 7.81. The molecule has 0 aromatic carbocycles. The highest BCUT2D eigenvalue weighted by Gasteiger charge is 2.30. The van der Waals surface area contributed by atoms with Crippen molar-refractivity contribution in [3.05, 3.63) is 20.5 Å². The van der Waals surface area contributed by atoms with Gasteiger partial charge in [0.25, 0.3) is 15.7 Å². The Bertz CT molecular complexity index is 578. The summed E-state index contributed by atoms with van der Waals surface area (Å²) in [5.74, 6) is 0. The average molecular weight is 326 g/mol. The van der Waals surface area contributed by atoms with E-state index in [1.54, 1.807) is 0 Å². The lowest BCUT2D eigenvalue weighted by atomic mass is 10.4. The Hall–Kier alpha value is -0.740. The molecule has 10 heteroatoms. The van der Waals surface area contributed by atoms with Gasteiger partial charge in [0.05, 0.1) is 4.92 Å². The van der Waals surface area contributed by atoms with Crippen LogP contribution in [-0.4, -0.2) is 43.8 Å². The number of rotatable bonds is 3. The highest BCUT2D eigenvalue weighted by molar-refractivity contribution is 7.91. The molecule has 0 bridgehead atoms. The summed E-state index contributed by atoms with van der Waals surface area (Å²) in [6.07, 6.45) is 0.709. The van der Waals surface area contributed by atoms with Crippen LogP contribution in [0.5, 0.6) is 0 Å². The molecular formula is C9H12ClN3O4S2. The molecule has 1 N–H and O–H groups in total. The molecule has 2 rings (SSSR count). The third-order valence-corrected chi connectivity index (χ3v) is 6.42. The molecule has 0 saturated carbocycles. The summed E-state index contributed by atoms with van der Waals surface area (Å²) >= 11 is 6.42. The zero-order chi connectivity index (χ0) is 14.0. The number of sulfonamides is 1. The standard InChI is InChI=1S/C9H12ClN3O4S2/c10-9-7(13(14)15)6-8(18-9)19(16,17)12-4-1-2-11-3-5-12/h6,11H,1-5H2. The second kappa shape index (κ2) is 5.71. The summed E-state index contributed by atoms with van der Waals surface area (Å²) in [6, 6.07) is 1.03. The first-order chi connectivity index (χ1) is 8.93. The highest BCUT2D eigenvalue weighted by atomic mass is 35.5. The summed E-state index contributed by atoms with van der Waals surface area (Å²) in [5, 5.41) is 13.8. The van der Waals surface area contributed by atoms with Gasteiger partial charge in [-0.2, -0.15) is 4.31 Å². The average Bonchev–Trinajstić information content (AvgIpc) is 2.58. The Morgan fingerprint density at radius 2 is 2.16 bits per heavy atom. The van der Waals surface area contributed by atoms with Crippen molar-refractivity contribution in [3.63, 3.8) is 0 Å². The Morgan fingerprint density at radius 3 is 2.79 bits per heavy atom. The fourth-order valence-electron chi connectivity index (χ4n) is 1.78. The molecule has 2 heterocycles. The monoisotopic (exact) mass is 325 g/mol. The van der Waals surface area contributed by atoms with Gasteiger partial charge in [-0.15, -0.1) is 11.3 Å². The van der Waals surface area contributed by atoms with Gasteiger partial charge in [-0.25, -0.2) is 8.42 Å². The summed E-state index contributed by atoms with van der Waals surface area (Å²) in [6.45, 7) is 2.09. The van der Waals surface area contributed by atoms with Gasteiger partial charge in [-0.3, -0.25) is 10.1 Å². The summed E-state index contributed by atoms with van der Waals surface area (Å²) < 4.78 is 25.9. The number of nitrogens with zero attached hydrogens (tertiary/aromatic N) is 2. The van der Waals surface area contributed by atoms with E-state index in [0.29, 0.717) is 26.1 Å². The van der Waals surface area contributed by atoms with Gasteiger partial charge in [0.15, 0.2) is 4.34 Å². The minimum Gasteiger partial charge on any atom is -0.315 e. The van der Waals surface area contributed by atoms with E-state index < -0.39 is 14.9 Å². The predicted octanol–water partition coefficient (Wildman–Crippen LogP) is 1.29. The number of halogens is 1. The number of thiophene rings is 1. The van der Waals surface area contributed by atoms with Gasteiger partial charge < -0.3 is 5.32 Å². The van der Waals surface area contributed by atoms with Crippen molar-refractivity contribution in [1.82, 2.24) is 9.62 Å². The molecule has 1 saturated heterocycles. The van der Waals surface area contributed by atoms with Crippen LogP contribution in [-0.2, 0) is 10.0 Å². The Morgan fingerprint density at radius 1 is 1.42 bits per heavy atom. The van der Waals surface area contributed by atoms with Crippen LogP contribution in [0, 0.1) is 10.1 Å². The van der Waals surface area contributed by atoms with Crippen molar-refractivity contribution in [2.24, 2.45) is 0 Å². The lowest BCUT2D eigenvalue weighted by Gasteiger charge is -2.17. The Labute approximate surface area is 119 Å². The molecule has 7 nitrogen and oxygen atoms in total. The maximum absolute atomic E-state index is 12.4. The number of nitrogens with one attached hydrogen (secondary N) is 1. The molecular weight excluding hydrogens is 314 g/mol. The van der Waals surface area contributed by atoms with Gasteiger partial charge in [-0.05, 0) is 13.0 Å². The van der Waals surface area contributed by atoms with E-state index in [4.69, 9.17) is 11.6 Å². The van der Waals surface area contributed by atoms with Crippen LogP contribution in [0.15, 0.2) is 10.3 Å². The normalized spacial score (nSPS) is 18.2. The topological polar surface area (TPSA) is 92.5 Å². The molecule has 0 aliphatic carbocycles. The third-order valence-electron chi connectivity index (χ3n) is 2.74. The minimum atomic E-state index is -3.70. The van der Waals surface area contributed by atoms with Crippen LogP contribution >= 0.6 is 22.9 Å². The van der Waals surface area contributed by atoms with Gasteiger partial charge in [0.1, 0.15) is 4.21 Å². The van der Waals surface area contributed by atoms with E-state index in [9.17, 15) is 18.5 Å². The molecule has 0 atom stereocenters. The first-order valence-electron chi connectivity index (χ1n) is 5.57. The largest absolute Gasteiger partial charge is 0.315 e. The van der Waals surface area contributed by atoms with Crippen molar-refractivity contribution >= 4 is 38.6 Å². The first-order valence-corrected chi connectivity index (χ1v) is 8.21. The summed E-state index contributed by atoms with van der Waals surface area (Å²) in [5.41, 5.74) is -0.363. The molecule has 106 valence electrons. The predicted molar refractivity (Wildman–Crippen MR) is 72.2 cm³/mol. The summed E-state index contributed by atoms with van der Waals surface area (Å²) in [7, 11) is -3.70. The van der Waals surface area contributed by atoms with Crippen molar-refractivity contribution in [2.45, 2.75) is 10.6 Å². The Balaban J connectivity index is 2.33. The van der Waals surface area contributed by atoms with Gasteiger partial charge in [-0.1, -0.05) is 11.6 Å². The van der Waals surface area contributed by atoms with Crippen molar-refractivity contribution in [2.75, 3.05) is 26.2 Å². The smallest absolute Gasteiger partial charge is 0.300 e. The third kappa shape index (κ3) is 3.06. The van der Waals surface area contributed by atoms with E-state index in [0.717, 1.165) is 23.9 Å². The molecule has 0 amide bonds. The number of hydrogen-bond acceptors (Lipinski definition) is 6. The molecule has 0 spiro atoms. The van der Waals surface area contributed by atoms with Crippen LogP contribution in [0.2, 0.25) is 4.34 Å². The van der Waals surface area contributed by atoms with Crippen molar-refractivity contribution < 1.29 is 13.3 Å². The zero-order valence-corrected chi connectivity index (χ0v) is 12.2. The van der Waals surface area contributed by atoms with Crippen LogP contribution in [0.25, 0.3) is 0 Å². The fraction of sp³-hybridized carbons (Fsp3) is 0.556. The van der Waals surface area contributed by atoms with Crippen LogP contribution in [0.1, 0.15) is 6.42 Å². The van der Waals surface area contributed by atoms with Crippen LogP contribution in [0.4, 0.5) is 5.69 Å². The molecule has 1 aromatic heterocycles. The van der Waals surface area contributed by atoms with E-state index in [1.807, 2.05) is 0 Å².